The van der Waals surface area contributed by atoms with Crippen molar-refractivity contribution in [2.24, 2.45) is 16.8 Å². The number of esters is 1. The van der Waals surface area contributed by atoms with Crippen LogP contribution in [-0.2, 0) is 32.0 Å². The number of rotatable bonds is 10. The Hall–Kier alpha value is -3.41. The minimum Gasteiger partial charge on any atom is -0.460 e. The van der Waals surface area contributed by atoms with Gasteiger partial charge in [-0.3, -0.25) is 19.4 Å². The van der Waals surface area contributed by atoms with E-state index in [0.29, 0.717) is 28.1 Å². The van der Waals surface area contributed by atoms with Gasteiger partial charge >= 0.3 is 18.3 Å². The number of nitrogens with one attached hydrogen (secondary N) is 1. The van der Waals surface area contributed by atoms with E-state index in [4.69, 9.17) is 16.3 Å². The Labute approximate surface area is 262 Å². The average molecular weight is 661 g/mol. The third-order valence-corrected chi connectivity index (χ3v) is 7.45. The lowest BCUT2D eigenvalue weighted by atomic mass is 9.83. The number of aliphatic imine (C=N–C) groups is 1. The number of fused-ring (bicyclic) bond motifs is 1. The SMILES string of the molecule is CCc1cccc2c1CC(=O)C(NC(=O)[C@H](CCC(F)(F)F)[C@H](CCC(F)(F)F)C(=O)OC(C)(C)C)N=C2c1cccc(Cl)c1. The predicted molar refractivity (Wildman–Crippen MR) is 157 cm³/mol. The smallest absolute Gasteiger partial charge is 0.389 e. The number of alkyl halides is 6. The van der Waals surface area contributed by atoms with Crippen LogP contribution in [0.1, 0.15) is 75.6 Å². The van der Waals surface area contributed by atoms with Gasteiger partial charge in [0.15, 0.2) is 11.9 Å². The summed E-state index contributed by atoms with van der Waals surface area (Å²) in [7, 11) is 0. The average Bonchev–Trinajstić information content (AvgIpc) is 3.04. The monoisotopic (exact) mass is 660 g/mol. The molecule has 3 atom stereocenters. The van der Waals surface area contributed by atoms with E-state index in [9.17, 15) is 40.7 Å². The molecular weight excluding hydrogens is 626 g/mol. The molecule has 0 radical (unpaired) electrons. The Kier molecular flexibility index (Phi) is 11.5. The van der Waals surface area contributed by atoms with Crippen LogP contribution in [0.15, 0.2) is 47.5 Å². The van der Waals surface area contributed by atoms with E-state index in [2.05, 4.69) is 10.3 Å². The highest BCUT2D eigenvalue weighted by Gasteiger charge is 2.42. The second-order valence-electron chi connectivity index (χ2n) is 11.9. The first kappa shape index (κ1) is 36.1. The summed E-state index contributed by atoms with van der Waals surface area (Å²) in [6, 6.07) is 11.9. The standard InChI is InChI=1S/C32H35ClF6N2O4/c1-5-18-8-7-11-21-24(18)17-25(42)27(40-26(21)19-9-6-10-20(33)16-19)41-28(43)22(12-14-31(34,35)36)23(13-15-32(37,38)39)29(44)45-30(2,3)4/h6-11,16,22-23,27H,5,12-15,17H2,1-4H3,(H,41,43)/t22-,23+,27?/m1/s1. The molecular formula is C32H35ClF6N2O4. The molecule has 13 heteroatoms. The van der Waals surface area contributed by atoms with E-state index in [0.717, 1.165) is 5.56 Å². The van der Waals surface area contributed by atoms with Crippen molar-refractivity contribution in [2.75, 3.05) is 0 Å². The number of nitrogens with zero attached hydrogens (tertiary/aromatic N) is 1. The minimum atomic E-state index is -4.78. The van der Waals surface area contributed by atoms with Gasteiger partial charge in [-0.25, -0.2) is 0 Å². The van der Waals surface area contributed by atoms with Gasteiger partial charge in [-0.2, -0.15) is 26.3 Å². The molecule has 1 amide bonds. The van der Waals surface area contributed by atoms with Crippen molar-refractivity contribution in [1.29, 1.82) is 0 Å². The van der Waals surface area contributed by atoms with E-state index in [1.54, 1.807) is 36.4 Å². The molecule has 1 N–H and O–H groups in total. The first-order chi connectivity index (χ1) is 20.8. The minimum absolute atomic E-state index is 0.186. The summed E-state index contributed by atoms with van der Waals surface area (Å²) >= 11 is 6.22. The van der Waals surface area contributed by atoms with Gasteiger partial charge in [-0.05, 0) is 63.3 Å². The Balaban J connectivity index is 2.08. The molecule has 3 rings (SSSR count). The van der Waals surface area contributed by atoms with Gasteiger partial charge in [0.25, 0.3) is 0 Å². The van der Waals surface area contributed by atoms with Crippen LogP contribution in [0.3, 0.4) is 0 Å². The van der Waals surface area contributed by atoms with Crippen LogP contribution >= 0.6 is 11.6 Å². The molecule has 0 saturated carbocycles. The number of ether oxygens (including phenoxy) is 1. The zero-order valence-corrected chi connectivity index (χ0v) is 26.0. The molecule has 45 heavy (non-hydrogen) atoms. The number of ketones is 1. The van der Waals surface area contributed by atoms with Crippen molar-refractivity contribution in [1.82, 2.24) is 5.32 Å². The predicted octanol–water partition coefficient (Wildman–Crippen LogP) is 7.57. The molecule has 6 nitrogen and oxygen atoms in total. The lowest BCUT2D eigenvalue weighted by Crippen LogP contribution is -2.47. The molecule has 2 aromatic carbocycles. The topological polar surface area (TPSA) is 84.8 Å². The van der Waals surface area contributed by atoms with Crippen LogP contribution in [0.4, 0.5) is 26.3 Å². The molecule has 0 saturated heterocycles. The van der Waals surface area contributed by atoms with Crippen LogP contribution in [0.2, 0.25) is 5.02 Å². The first-order valence-corrected chi connectivity index (χ1v) is 14.8. The highest BCUT2D eigenvalue weighted by atomic mass is 35.5. The largest absolute Gasteiger partial charge is 0.460 e. The third kappa shape index (κ3) is 10.6. The van der Waals surface area contributed by atoms with Gasteiger partial charge in [-0.1, -0.05) is 48.9 Å². The molecule has 0 aromatic heterocycles. The summed E-state index contributed by atoms with van der Waals surface area (Å²) in [5.41, 5.74) is 1.65. The van der Waals surface area contributed by atoms with Gasteiger partial charge in [0.1, 0.15) is 5.60 Å². The van der Waals surface area contributed by atoms with Crippen molar-refractivity contribution in [3.8, 4) is 0 Å². The normalized spacial score (nSPS) is 17.1. The summed E-state index contributed by atoms with van der Waals surface area (Å²) in [5.74, 6) is -6.84. The van der Waals surface area contributed by atoms with Gasteiger partial charge in [0, 0.05) is 35.4 Å². The second kappa shape index (κ2) is 14.3. The number of amides is 1. The first-order valence-electron chi connectivity index (χ1n) is 14.4. The van der Waals surface area contributed by atoms with Crippen LogP contribution in [0.25, 0.3) is 0 Å². The molecule has 1 heterocycles. The number of carbonyl (C=O) groups excluding carboxylic acids is 3. The summed E-state index contributed by atoms with van der Waals surface area (Å²) in [6.45, 7) is 6.21. The molecule has 0 aliphatic carbocycles. The molecule has 1 aliphatic rings. The molecule has 1 aliphatic heterocycles. The number of halogens is 7. The fourth-order valence-corrected chi connectivity index (χ4v) is 5.36. The molecule has 0 bridgehead atoms. The van der Waals surface area contributed by atoms with E-state index in [-0.39, 0.29) is 12.1 Å². The molecule has 246 valence electrons. The number of Topliss-reactive ketones (excluding diaryl/α,β-unsaturated/α-hetero) is 1. The maximum absolute atomic E-state index is 13.7. The Morgan fingerprint density at radius 1 is 0.978 bits per heavy atom. The number of benzene rings is 2. The van der Waals surface area contributed by atoms with Crippen LogP contribution in [0, 0.1) is 11.8 Å². The zero-order valence-electron chi connectivity index (χ0n) is 25.2. The van der Waals surface area contributed by atoms with E-state index in [1.165, 1.54) is 20.8 Å². The Bertz CT molecular complexity index is 1430. The fraction of sp³-hybridized carbons (Fsp3) is 0.500. The number of hydrogen-bond donors (Lipinski definition) is 1. The lowest BCUT2D eigenvalue weighted by molar-refractivity contribution is -0.171. The summed E-state index contributed by atoms with van der Waals surface area (Å²) < 4.78 is 85.0. The van der Waals surface area contributed by atoms with Crippen LogP contribution in [-0.4, -0.2) is 47.5 Å². The molecule has 2 aromatic rings. The maximum atomic E-state index is 13.7. The zero-order chi connectivity index (χ0) is 33.7. The van der Waals surface area contributed by atoms with Crippen molar-refractivity contribution < 1.29 is 45.5 Å². The number of hydrogen-bond acceptors (Lipinski definition) is 5. The van der Waals surface area contributed by atoms with Crippen LogP contribution in [0.5, 0.6) is 0 Å². The number of carbonyl (C=O) groups is 3. The highest BCUT2D eigenvalue weighted by molar-refractivity contribution is 6.31. The Morgan fingerprint density at radius 3 is 2.13 bits per heavy atom. The van der Waals surface area contributed by atoms with Crippen LogP contribution < -0.4 is 5.32 Å². The van der Waals surface area contributed by atoms with Gasteiger partial charge in [0.05, 0.1) is 17.5 Å². The summed E-state index contributed by atoms with van der Waals surface area (Å²) in [6.07, 6.45) is -15.9. The van der Waals surface area contributed by atoms with Gasteiger partial charge < -0.3 is 10.1 Å². The fourth-order valence-electron chi connectivity index (χ4n) is 5.17. The third-order valence-electron chi connectivity index (χ3n) is 7.21. The second-order valence-corrected chi connectivity index (χ2v) is 12.3. The quantitative estimate of drug-likeness (QED) is 0.211. The van der Waals surface area contributed by atoms with Crippen molar-refractivity contribution in [3.05, 3.63) is 69.7 Å². The molecule has 1 unspecified atom stereocenters. The van der Waals surface area contributed by atoms with Crippen molar-refractivity contribution >= 4 is 35.0 Å². The van der Waals surface area contributed by atoms with Gasteiger partial charge in [-0.15, -0.1) is 0 Å². The van der Waals surface area contributed by atoms with E-state index >= 15 is 0 Å². The highest BCUT2D eigenvalue weighted by Crippen LogP contribution is 2.34. The van der Waals surface area contributed by atoms with Gasteiger partial charge in [0.2, 0.25) is 5.91 Å². The summed E-state index contributed by atoms with van der Waals surface area (Å²) in [4.78, 5) is 44.9. The maximum Gasteiger partial charge on any atom is 0.389 e. The molecule has 0 fully saturated rings. The Morgan fingerprint density at radius 2 is 1.58 bits per heavy atom. The lowest BCUT2D eigenvalue weighted by Gasteiger charge is -2.30. The molecule has 0 spiro atoms. The number of aryl methyl sites for hydroxylation is 1. The van der Waals surface area contributed by atoms with E-state index < -0.39 is 79.3 Å². The van der Waals surface area contributed by atoms with Crippen molar-refractivity contribution in [2.45, 2.75) is 90.3 Å². The van der Waals surface area contributed by atoms with Crippen molar-refractivity contribution in [3.63, 3.8) is 0 Å². The summed E-state index contributed by atoms with van der Waals surface area (Å²) in [5, 5.41) is 2.72. The van der Waals surface area contributed by atoms with E-state index in [1.807, 2.05) is 13.0 Å².